The molecule has 1 aromatic carbocycles. The normalized spacial score (nSPS) is 19.8. The maximum Gasteiger partial charge on any atom is 0.253 e. The van der Waals surface area contributed by atoms with Crippen molar-refractivity contribution in [3.8, 4) is 22.5 Å². The van der Waals surface area contributed by atoms with Crippen molar-refractivity contribution >= 4 is 11.6 Å². The Kier molecular flexibility index (Phi) is 4.76. The molecule has 0 bridgehead atoms. The average Bonchev–Trinajstić information content (AvgIpc) is 3.52. The summed E-state index contributed by atoms with van der Waals surface area (Å²) in [4.78, 5) is 23.3. The van der Waals surface area contributed by atoms with E-state index in [0.29, 0.717) is 0 Å². The Morgan fingerprint density at radius 1 is 0.938 bits per heavy atom. The largest absolute Gasteiger partial charge is 0.369 e. The molecule has 6 nitrogen and oxygen atoms in total. The van der Waals surface area contributed by atoms with Crippen molar-refractivity contribution in [1.82, 2.24) is 20.6 Å². The number of benzene rings is 1. The van der Waals surface area contributed by atoms with Crippen LogP contribution in [0.4, 0.5) is 5.69 Å². The number of hydrogen-bond donors (Lipinski definition) is 3. The van der Waals surface area contributed by atoms with Gasteiger partial charge in [-0.1, -0.05) is 25.0 Å². The first-order valence-corrected chi connectivity index (χ1v) is 11.8. The third-order valence-corrected chi connectivity index (χ3v) is 7.46. The van der Waals surface area contributed by atoms with Gasteiger partial charge in [0.1, 0.15) is 0 Å². The van der Waals surface area contributed by atoms with Crippen molar-refractivity contribution in [3.63, 3.8) is 0 Å². The van der Waals surface area contributed by atoms with Gasteiger partial charge in [0, 0.05) is 72.5 Å². The molecule has 0 radical (unpaired) electrons. The Morgan fingerprint density at radius 3 is 2.50 bits per heavy atom. The number of nitrogens with one attached hydrogen (secondary N) is 3. The van der Waals surface area contributed by atoms with Gasteiger partial charge in [-0.25, -0.2) is 0 Å². The molecule has 1 saturated heterocycles. The number of fused-ring (bicyclic) bond motifs is 2. The predicted molar refractivity (Wildman–Crippen MR) is 127 cm³/mol. The lowest BCUT2D eigenvalue weighted by Crippen LogP contribution is -2.45. The van der Waals surface area contributed by atoms with Crippen molar-refractivity contribution in [3.05, 3.63) is 59.9 Å². The minimum absolute atomic E-state index is 0.0396. The van der Waals surface area contributed by atoms with Crippen molar-refractivity contribution < 1.29 is 4.79 Å². The lowest BCUT2D eigenvalue weighted by Gasteiger charge is -2.33. The second-order valence-electron chi connectivity index (χ2n) is 9.36. The first kappa shape index (κ1) is 19.6. The van der Waals surface area contributed by atoms with Gasteiger partial charge in [0.25, 0.3) is 5.91 Å². The molecule has 3 N–H and O–H groups in total. The maximum atomic E-state index is 12.6. The van der Waals surface area contributed by atoms with Crippen LogP contribution >= 0.6 is 0 Å². The van der Waals surface area contributed by atoms with Crippen LogP contribution in [-0.4, -0.2) is 48.6 Å². The zero-order valence-electron chi connectivity index (χ0n) is 18.3. The zero-order valence-corrected chi connectivity index (χ0v) is 18.3. The van der Waals surface area contributed by atoms with Gasteiger partial charge in [0.05, 0.1) is 11.3 Å². The van der Waals surface area contributed by atoms with Gasteiger partial charge in [-0.3, -0.25) is 9.78 Å². The lowest BCUT2D eigenvalue weighted by molar-refractivity contribution is 0.0924. The third-order valence-electron chi connectivity index (χ3n) is 7.46. The van der Waals surface area contributed by atoms with Crippen LogP contribution < -0.4 is 15.5 Å². The number of pyridine rings is 1. The number of aromatic amines is 1. The lowest BCUT2D eigenvalue weighted by atomic mass is 9.78. The highest BCUT2D eigenvalue weighted by Crippen LogP contribution is 2.44. The van der Waals surface area contributed by atoms with Crippen LogP contribution in [0.3, 0.4) is 0 Å². The van der Waals surface area contributed by atoms with Crippen LogP contribution in [0.1, 0.15) is 41.7 Å². The highest BCUT2D eigenvalue weighted by molar-refractivity contribution is 5.98. The predicted octanol–water partition coefficient (Wildman–Crippen LogP) is 3.71. The summed E-state index contributed by atoms with van der Waals surface area (Å²) in [5, 5.41) is 6.53. The molecular formula is C26H29N5O. The number of carbonyl (C=O) groups excluding carboxylic acids is 1. The zero-order chi connectivity index (χ0) is 21.5. The first-order chi connectivity index (χ1) is 15.7. The summed E-state index contributed by atoms with van der Waals surface area (Å²) >= 11 is 0. The van der Waals surface area contributed by atoms with Crippen molar-refractivity contribution in [2.24, 2.45) is 0 Å². The summed E-state index contributed by atoms with van der Waals surface area (Å²) in [5.41, 5.74) is 7.40. The standard InChI is InChI=1S/C26H29N5O/c32-25-21-16-23(30-24(21)26(17-29-25)8-1-2-9-26)19-7-10-28-22(15-19)18-3-5-20(6-4-18)31-13-11-27-12-14-31/h3-7,10,15-16,27,30H,1-2,8-9,11-14,17H2,(H,29,32). The van der Waals surface area contributed by atoms with Gasteiger partial charge < -0.3 is 20.5 Å². The number of H-pyrrole nitrogens is 1. The van der Waals surface area contributed by atoms with E-state index in [9.17, 15) is 4.79 Å². The van der Waals surface area contributed by atoms with E-state index in [1.54, 1.807) is 0 Å². The van der Waals surface area contributed by atoms with Gasteiger partial charge in [0.15, 0.2) is 0 Å². The third kappa shape index (κ3) is 3.30. The molecule has 2 fully saturated rings. The number of amides is 1. The fourth-order valence-corrected chi connectivity index (χ4v) is 5.64. The molecule has 3 aliphatic rings. The Bertz CT molecular complexity index is 1140. The Morgan fingerprint density at radius 2 is 1.72 bits per heavy atom. The maximum absolute atomic E-state index is 12.6. The Balaban J connectivity index is 1.31. The summed E-state index contributed by atoms with van der Waals surface area (Å²) in [6, 6.07) is 14.9. The molecule has 0 atom stereocenters. The molecule has 1 spiro atoms. The summed E-state index contributed by atoms with van der Waals surface area (Å²) in [5.74, 6) is 0.0396. The van der Waals surface area contributed by atoms with Crippen LogP contribution in [-0.2, 0) is 5.41 Å². The topological polar surface area (TPSA) is 73.0 Å². The summed E-state index contributed by atoms with van der Waals surface area (Å²) in [6.45, 7) is 4.90. The Hall–Kier alpha value is -3.12. The molecule has 164 valence electrons. The van der Waals surface area contributed by atoms with E-state index >= 15 is 0 Å². The van der Waals surface area contributed by atoms with Crippen molar-refractivity contribution in [1.29, 1.82) is 0 Å². The number of piperazine rings is 1. The summed E-state index contributed by atoms with van der Waals surface area (Å²) in [7, 11) is 0. The van der Waals surface area contributed by atoms with Crippen LogP contribution in [0.2, 0.25) is 0 Å². The van der Waals surface area contributed by atoms with Crippen LogP contribution in [0, 0.1) is 0 Å². The van der Waals surface area contributed by atoms with Crippen LogP contribution in [0.5, 0.6) is 0 Å². The molecule has 32 heavy (non-hydrogen) atoms. The Labute approximate surface area is 188 Å². The smallest absolute Gasteiger partial charge is 0.253 e. The quantitative estimate of drug-likeness (QED) is 0.596. The number of rotatable bonds is 3. The summed E-state index contributed by atoms with van der Waals surface area (Å²) < 4.78 is 0. The molecule has 2 aromatic heterocycles. The minimum Gasteiger partial charge on any atom is -0.369 e. The van der Waals surface area contributed by atoms with Crippen molar-refractivity contribution in [2.75, 3.05) is 37.6 Å². The summed E-state index contributed by atoms with van der Waals surface area (Å²) in [6.07, 6.45) is 6.60. The number of carbonyl (C=O) groups is 1. The van der Waals surface area contributed by atoms with E-state index in [2.05, 4.69) is 55.8 Å². The highest BCUT2D eigenvalue weighted by Gasteiger charge is 2.43. The van der Waals surface area contributed by atoms with E-state index in [1.807, 2.05) is 18.3 Å². The second-order valence-corrected chi connectivity index (χ2v) is 9.36. The SMILES string of the molecule is O=C1NCC2(CCCC2)c2[nH]c(-c3ccnc(-c4ccc(N5CCNCC5)cc4)c3)cc21. The van der Waals surface area contributed by atoms with Crippen LogP contribution in [0.15, 0.2) is 48.7 Å². The van der Waals surface area contributed by atoms with E-state index in [4.69, 9.17) is 0 Å². The van der Waals surface area contributed by atoms with E-state index in [1.165, 1.54) is 18.5 Å². The van der Waals surface area contributed by atoms with E-state index in [-0.39, 0.29) is 11.3 Å². The van der Waals surface area contributed by atoms with Gasteiger partial charge in [0.2, 0.25) is 0 Å². The van der Waals surface area contributed by atoms with Gasteiger partial charge in [-0.05, 0) is 43.2 Å². The minimum atomic E-state index is 0.0396. The number of anilines is 1. The highest BCUT2D eigenvalue weighted by atomic mass is 16.1. The van der Waals surface area contributed by atoms with Gasteiger partial charge >= 0.3 is 0 Å². The second kappa shape index (κ2) is 7.78. The van der Waals surface area contributed by atoms with Gasteiger partial charge in [-0.15, -0.1) is 0 Å². The number of hydrogen-bond acceptors (Lipinski definition) is 4. The van der Waals surface area contributed by atoms with E-state index in [0.717, 1.165) is 79.3 Å². The molecule has 3 aromatic rings. The number of aromatic nitrogens is 2. The monoisotopic (exact) mass is 427 g/mol. The molecule has 0 unspecified atom stereocenters. The fraction of sp³-hybridized carbons (Fsp3) is 0.385. The molecule has 4 heterocycles. The molecule has 1 saturated carbocycles. The van der Waals surface area contributed by atoms with Gasteiger partial charge in [-0.2, -0.15) is 0 Å². The average molecular weight is 428 g/mol. The fourth-order valence-electron chi connectivity index (χ4n) is 5.64. The molecule has 2 aliphatic heterocycles. The first-order valence-electron chi connectivity index (χ1n) is 11.8. The number of nitrogens with zero attached hydrogens (tertiary/aromatic N) is 2. The van der Waals surface area contributed by atoms with E-state index < -0.39 is 0 Å². The molecular weight excluding hydrogens is 398 g/mol. The molecule has 6 rings (SSSR count). The molecule has 1 amide bonds. The molecule has 6 heteroatoms. The van der Waals surface area contributed by atoms with Crippen molar-refractivity contribution in [2.45, 2.75) is 31.1 Å². The van der Waals surface area contributed by atoms with Crippen LogP contribution in [0.25, 0.3) is 22.5 Å². The molecule has 1 aliphatic carbocycles.